The third-order valence-corrected chi connectivity index (χ3v) is 11.0. The van der Waals surface area contributed by atoms with E-state index in [1.54, 1.807) is 17.0 Å². The molecule has 0 unspecified atom stereocenters. The van der Waals surface area contributed by atoms with Crippen LogP contribution in [0.3, 0.4) is 0 Å². The highest BCUT2D eigenvalue weighted by Gasteiger charge is 2.66. The molecule has 2 saturated heterocycles. The summed E-state index contributed by atoms with van der Waals surface area (Å²) in [4.78, 5) is 39.6. The summed E-state index contributed by atoms with van der Waals surface area (Å²) in [6, 6.07) is 12.8. The van der Waals surface area contributed by atoms with Gasteiger partial charge in [0.15, 0.2) is 13.9 Å². The summed E-state index contributed by atoms with van der Waals surface area (Å²) >= 11 is 6.41. The lowest BCUT2D eigenvalue weighted by Gasteiger charge is -2.32. The predicted octanol–water partition coefficient (Wildman–Crippen LogP) is 3.76. The van der Waals surface area contributed by atoms with Gasteiger partial charge in [-0.05, 0) is 74.8 Å². The van der Waals surface area contributed by atoms with Gasteiger partial charge in [-0.1, -0.05) is 30.7 Å². The Hall–Kier alpha value is -2.27. The Balaban J connectivity index is 1.43. The molecule has 38 heavy (non-hydrogen) atoms. The van der Waals surface area contributed by atoms with Gasteiger partial charge >= 0.3 is 0 Å². The molecule has 10 heteroatoms. The molecular weight excluding hydrogens is 522 g/mol. The summed E-state index contributed by atoms with van der Waals surface area (Å²) in [5, 5.41) is 16.4. The van der Waals surface area contributed by atoms with Crippen LogP contribution in [0.5, 0.6) is 0 Å². The lowest BCUT2D eigenvalue weighted by Crippen LogP contribution is -2.46. The van der Waals surface area contributed by atoms with Gasteiger partial charge in [-0.2, -0.15) is 0 Å². The fourth-order valence-electron chi connectivity index (χ4n) is 6.62. The Morgan fingerprint density at radius 2 is 2.00 bits per heavy atom. The average molecular weight is 558 g/mol. The number of benzene rings is 2. The van der Waals surface area contributed by atoms with Crippen LogP contribution in [0.25, 0.3) is 0 Å². The molecule has 0 aromatic heterocycles. The normalized spacial score (nSPS) is 28.8. The standard InChI is InChI=1S/C28H36ClN3O5Si/c1-17-25(38(2,3)36)24(12-14-33)37-28(17)21-15-19(29)8-11-23(21)32(27(28)35)16-18-6-9-20(10-7-18)31-26(34)22-5-4-13-30-22/h6-11,15,17,22,24-25,30,33,36H,4-5,12-14,16H2,1-3H3,(H,31,34)/t17-,22-,24+,25-,28+/m1/s1. The summed E-state index contributed by atoms with van der Waals surface area (Å²) in [5.41, 5.74) is 1.54. The molecule has 3 heterocycles. The fourth-order valence-corrected chi connectivity index (χ4v) is 9.39. The maximum atomic E-state index is 14.3. The van der Waals surface area contributed by atoms with Gasteiger partial charge in [0.05, 0.1) is 24.4 Å². The summed E-state index contributed by atoms with van der Waals surface area (Å²) in [6.45, 7) is 6.78. The minimum Gasteiger partial charge on any atom is -0.432 e. The van der Waals surface area contributed by atoms with Gasteiger partial charge in [-0.3, -0.25) is 9.59 Å². The largest absolute Gasteiger partial charge is 0.432 e. The third kappa shape index (κ3) is 4.69. The molecular formula is C28H36ClN3O5Si. The maximum absolute atomic E-state index is 14.3. The van der Waals surface area contributed by atoms with Crippen molar-refractivity contribution in [1.29, 1.82) is 0 Å². The second-order valence-electron chi connectivity index (χ2n) is 11.3. The Morgan fingerprint density at radius 3 is 2.63 bits per heavy atom. The number of carbonyl (C=O) groups is 2. The second-order valence-corrected chi connectivity index (χ2v) is 15.7. The molecule has 3 aliphatic rings. The van der Waals surface area contributed by atoms with Gasteiger partial charge in [0.1, 0.15) is 0 Å². The van der Waals surface area contributed by atoms with E-state index in [0.717, 1.165) is 30.6 Å². The quantitative estimate of drug-likeness (QED) is 0.386. The van der Waals surface area contributed by atoms with Crippen LogP contribution in [0.2, 0.25) is 23.7 Å². The van der Waals surface area contributed by atoms with Crippen molar-refractivity contribution in [2.24, 2.45) is 5.92 Å². The van der Waals surface area contributed by atoms with Crippen molar-refractivity contribution in [3.63, 3.8) is 0 Å². The first-order chi connectivity index (χ1) is 18.1. The number of amides is 2. The second kappa shape index (κ2) is 10.4. The Kier molecular flexibility index (Phi) is 7.45. The Labute approximate surface area is 229 Å². The van der Waals surface area contributed by atoms with Crippen molar-refractivity contribution in [1.82, 2.24) is 5.32 Å². The Morgan fingerprint density at radius 1 is 1.26 bits per heavy atom. The van der Waals surface area contributed by atoms with Crippen LogP contribution >= 0.6 is 11.6 Å². The van der Waals surface area contributed by atoms with E-state index >= 15 is 0 Å². The SMILES string of the molecule is C[C@@H]1[C@@H]([Si](C)(C)O)[C@H](CCO)O[C@@]12C(=O)N(Cc1ccc(NC(=O)[C@H]3CCCN3)cc1)c1ccc(Cl)cc12. The molecule has 204 valence electrons. The van der Waals surface area contributed by atoms with Crippen LogP contribution in [0.15, 0.2) is 42.5 Å². The highest BCUT2D eigenvalue weighted by molar-refractivity contribution is 6.71. The zero-order valence-corrected chi connectivity index (χ0v) is 23.8. The van der Waals surface area contributed by atoms with Crippen LogP contribution in [-0.4, -0.2) is 55.3 Å². The van der Waals surface area contributed by atoms with E-state index in [1.165, 1.54) is 0 Å². The van der Waals surface area contributed by atoms with E-state index < -0.39 is 20.0 Å². The number of aliphatic hydroxyl groups excluding tert-OH is 1. The predicted molar refractivity (Wildman–Crippen MR) is 150 cm³/mol. The number of nitrogens with one attached hydrogen (secondary N) is 2. The summed E-state index contributed by atoms with van der Waals surface area (Å²) in [5.74, 6) is -0.523. The van der Waals surface area contributed by atoms with E-state index in [9.17, 15) is 19.5 Å². The molecule has 2 amide bonds. The van der Waals surface area contributed by atoms with Gasteiger partial charge in [-0.15, -0.1) is 0 Å². The minimum atomic E-state index is -2.75. The van der Waals surface area contributed by atoms with E-state index in [0.29, 0.717) is 29.2 Å². The van der Waals surface area contributed by atoms with Crippen LogP contribution < -0.4 is 15.5 Å². The van der Waals surface area contributed by atoms with Crippen molar-refractivity contribution in [2.45, 2.75) is 69.1 Å². The molecule has 1 spiro atoms. The van der Waals surface area contributed by atoms with Crippen molar-refractivity contribution in [3.8, 4) is 0 Å². The molecule has 2 aromatic rings. The van der Waals surface area contributed by atoms with Crippen LogP contribution in [-0.2, 0) is 26.5 Å². The molecule has 2 aromatic carbocycles. The number of hydrogen-bond donors (Lipinski definition) is 4. The Bertz CT molecular complexity index is 1210. The number of carbonyl (C=O) groups excluding carboxylic acids is 2. The summed E-state index contributed by atoms with van der Waals surface area (Å²) < 4.78 is 6.59. The number of anilines is 2. The smallest absolute Gasteiger partial charge is 0.264 e. The molecule has 0 radical (unpaired) electrons. The van der Waals surface area contributed by atoms with Gasteiger partial charge in [0, 0.05) is 34.3 Å². The molecule has 8 nitrogen and oxygen atoms in total. The topological polar surface area (TPSA) is 111 Å². The number of hydrogen-bond acceptors (Lipinski definition) is 6. The molecule has 5 atom stereocenters. The number of nitrogens with zero attached hydrogens (tertiary/aromatic N) is 1. The first-order valence-corrected chi connectivity index (χ1v) is 16.7. The lowest BCUT2D eigenvalue weighted by atomic mass is 9.82. The van der Waals surface area contributed by atoms with Gasteiger partial charge in [0.25, 0.3) is 5.91 Å². The lowest BCUT2D eigenvalue weighted by molar-refractivity contribution is -0.146. The van der Waals surface area contributed by atoms with Crippen LogP contribution in [0, 0.1) is 5.92 Å². The van der Waals surface area contributed by atoms with E-state index in [-0.39, 0.29) is 35.9 Å². The van der Waals surface area contributed by atoms with Crippen molar-refractivity contribution < 1.29 is 24.2 Å². The van der Waals surface area contributed by atoms with E-state index in [2.05, 4.69) is 10.6 Å². The van der Waals surface area contributed by atoms with Crippen molar-refractivity contribution in [2.75, 3.05) is 23.4 Å². The molecule has 4 N–H and O–H groups in total. The molecule has 0 bridgehead atoms. The van der Waals surface area contributed by atoms with Crippen LogP contribution in [0.1, 0.15) is 37.3 Å². The van der Waals surface area contributed by atoms with Crippen molar-refractivity contribution >= 4 is 43.1 Å². The third-order valence-electron chi connectivity index (χ3n) is 8.30. The monoisotopic (exact) mass is 557 g/mol. The minimum absolute atomic E-state index is 0.0348. The number of rotatable bonds is 7. The zero-order valence-electron chi connectivity index (χ0n) is 22.0. The van der Waals surface area contributed by atoms with Gasteiger partial charge < -0.3 is 30.2 Å². The van der Waals surface area contributed by atoms with E-state index in [1.807, 2.05) is 50.3 Å². The van der Waals surface area contributed by atoms with Gasteiger partial charge in [0.2, 0.25) is 5.91 Å². The van der Waals surface area contributed by atoms with Crippen LogP contribution in [0.4, 0.5) is 11.4 Å². The molecule has 3 aliphatic heterocycles. The number of aliphatic hydroxyl groups is 1. The fraction of sp³-hybridized carbons (Fsp3) is 0.500. The summed E-state index contributed by atoms with van der Waals surface area (Å²) in [6.07, 6.45) is 1.75. The molecule has 0 saturated carbocycles. The first kappa shape index (κ1) is 27.3. The number of fused-ring (bicyclic) bond motifs is 2. The highest BCUT2D eigenvalue weighted by atomic mass is 35.5. The summed E-state index contributed by atoms with van der Waals surface area (Å²) in [7, 11) is -2.75. The maximum Gasteiger partial charge on any atom is 0.264 e. The molecule has 2 fully saturated rings. The number of halogens is 1. The zero-order chi connectivity index (χ0) is 27.2. The van der Waals surface area contributed by atoms with Crippen molar-refractivity contribution in [3.05, 3.63) is 58.6 Å². The average Bonchev–Trinajstić information content (AvgIpc) is 3.55. The molecule has 5 rings (SSSR count). The molecule has 0 aliphatic carbocycles. The number of ether oxygens (including phenoxy) is 1. The highest BCUT2D eigenvalue weighted by Crippen LogP contribution is 2.60. The van der Waals surface area contributed by atoms with Gasteiger partial charge in [-0.25, -0.2) is 0 Å². The van der Waals surface area contributed by atoms with E-state index in [4.69, 9.17) is 16.3 Å². The first-order valence-electron chi connectivity index (χ1n) is 13.3.